The van der Waals surface area contributed by atoms with E-state index in [4.69, 9.17) is 16.3 Å². The zero-order valence-corrected chi connectivity index (χ0v) is 18.7. The number of hydrogen-bond donors (Lipinski definition) is 2. The van der Waals surface area contributed by atoms with Crippen molar-refractivity contribution < 1.29 is 14.3 Å². The molecule has 0 saturated carbocycles. The fourth-order valence-corrected chi connectivity index (χ4v) is 3.69. The predicted molar refractivity (Wildman–Crippen MR) is 124 cm³/mol. The number of amides is 2. The summed E-state index contributed by atoms with van der Waals surface area (Å²) in [6.07, 6.45) is 0.785. The van der Waals surface area contributed by atoms with Crippen LogP contribution in [0.3, 0.4) is 0 Å². The first kappa shape index (κ1) is 22.9. The minimum Gasteiger partial charge on any atom is -0.495 e. The van der Waals surface area contributed by atoms with E-state index < -0.39 is 11.8 Å². The highest BCUT2D eigenvalue weighted by Gasteiger charge is 2.18. The normalized spacial score (nSPS) is 14.2. The first-order chi connectivity index (χ1) is 15.0. The molecule has 1 saturated heterocycles. The van der Waals surface area contributed by atoms with E-state index in [1.165, 1.54) is 12.8 Å². The number of piperazine rings is 1. The van der Waals surface area contributed by atoms with E-state index in [-0.39, 0.29) is 0 Å². The van der Waals surface area contributed by atoms with Gasteiger partial charge >= 0.3 is 11.8 Å². The molecule has 1 fully saturated rings. The lowest BCUT2D eigenvalue weighted by Gasteiger charge is -2.36. The van der Waals surface area contributed by atoms with E-state index in [0.717, 1.165) is 49.7 Å². The molecule has 0 bridgehead atoms. The van der Waals surface area contributed by atoms with Crippen molar-refractivity contribution in [1.82, 2.24) is 10.2 Å². The van der Waals surface area contributed by atoms with Gasteiger partial charge in [0.25, 0.3) is 0 Å². The number of anilines is 2. The Morgan fingerprint density at radius 2 is 1.74 bits per heavy atom. The zero-order chi connectivity index (χ0) is 22.2. The lowest BCUT2D eigenvalue weighted by atomic mass is 10.2. The number of benzene rings is 2. The number of rotatable bonds is 7. The van der Waals surface area contributed by atoms with Crippen molar-refractivity contribution in [1.29, 1.82) is 0 Å². The van der Waals surface area contributed by atoms with Crippen LogP contribution in [0.15, 0.2) is 42.5 Å². The van der Waals surface area contributed by atoms with Crippen molar-refractivity contribution in [2.75, 3.05) is 56.6 Å². The summed E-state index contributed by atoms with van der Waals surface area (Å²) < 4.78 is 5.23. The number of nitrogens with one attached hydrogen (secondary N) is 2. The van der Waals surface area contributed by atoms with Gasteiger partial charge in [0, 0.05) is 43.4 Å². The van der Waals surface area contributed by atoms with Crippen LogP contribution in [0.2, 0.25) is 5.02 Å². The Balaban J connectivity index is 1.35. The van der Waals surface area contributed by atoms with Crippen molar-refractivity contribution in [3.8, 4) is 5.75 Å². The molecule has 31 heavy (non-hydrogen) atoms. The number of methoxy groups -OCH3 is 1. The van der Waals surface area contributed by atoms with Gasteiger partial charge in [0.05, 0.1) is 12.8 Å². The molecule has 2 aromatic carbocycles. The third-order valence-corrected chi connectivity index (χ3v) is 5.56. The maximum Gasteiger partial charge on any atom is 0.313 e. The van der Waals surface area contributed by atoms with Crippen LogP contribution in [0, 0.1) is 6.92 Å². The molecule has 8 heteroatoms. The Kier molecular flexibility index (Phi) is 8.14. The first-order valence-electron chi connectivity index (χ1n) is 10.4. The Hall–Kier alpha value is -2.77. The first-order valence-corrected chi connectivity index (χ1v) is 10.8. The van der Waals surface area contributed by atoms with Crippen LogP contribution in [-0.2, 0) is 9.59 Å². The number of aryl methyl sites for hydroxylation is 1. The van der Waals surface area contributed by atoms with Crippen molar-refractivity contribution in [2.45, 2.75) is 13.3 Å². The number of carbonyl (C=O) groups is 2. The molecule has 2 N–H and O–H groups in total. The van der Waals surface area contributed by atoms with E-state index in [1.54, 1.807) is 12.1 Å². The van der Waals surface area contributed by atoms with Gasteiger partial charge < -0.3 is 20.3 Å². The quantitative estimate of drug-likeness (QED) is 0.507. The monoisotopic (exact) mass is 444 g/mol. The molecule has 0 aliphatic carbocycles. The number of carbonyl (C=O) groups excluding carboxylic acids is 2. The third-order valence-electron chi connectivity index (χ3n) is 5.31. The minimum atomic E-state index is -0.694. The van der Waals surface area contributed by atoms with Gasteiger partial charge in [-0.25, -0.2) is 0 Å². The molecule has 0 spiro atoms. The van der Waals surface area contributed by atoms with E-state index >= 15 is 0 Å². The molecule has 0 unspecified atom stereocenters. The number of nitrogens with zero attached hydrogens (tertiary/aromatic N) is 2. The molecule has 7 nitrogen and oxygen atoms in total. The molecule has 0 atom stereocenters. The van der Waals surface area contributed by atoms with E-state index in [9.17, 15) is 9.59 Å². The Morgan fingerprint density at radius 1 is 1.03 bits per heavy atom. The van der Waals surface area contributed by atoms with Crippen LogP contribution in [0.1, 0.15) is 12.0 Å². The maximum atomic E-state index is 12.2. The number of ether oxygens (including phenoxy) is 1. The van der Waals surface area contributed by atoms with Gasteiger partial charge in [-0.1, -0.05) is 17.7 Å². The van der Waals surface area contributed by atoms with E-state index in [1.807, 2.05) is 37.3 Å². The third kappa shape index (κ3) is 6.60. The number of halogens is 1. The van der Waals surface area contributed by atoms with Gasteiger partial charge in [-0.2, -0.15) is 0 Å². The van der Waals surface area contributed by atoms with Gasteiger partial charge in [0.1, 0.15) is 5.75 Å². The lowest BCUT2D eigenvalue weighted by Crippen LogP contribution is -2.47. The van der Waals surface area contributed by atoms with Gasteiger partial charge in [-0.15, -0.1) is 0 Å². The fraction of sp³-hybridized carbons (Fsp3) is 0.391. The molecule has 166 valence electrons. The highest BCUT2D eigenvalue weighted by atomic mass is 35.5. The molecule has 1 aliphatic heterocycles. The van der Waals surface area contributed by atoms with Crippen molar-refractivity contribution >= 4 is 34.8 Å². The second kappa shape index (κ2) is 11.0. The fourth-order valence-electron chi connectivity index (χ4n) is 3.57. The summed E-state index contributed by atoms with van der Waals surface area (Å²) >= 11 is 5.96. The van der Waals surface area contributed by atoms with E-state index in [2.05, 4.69) is 20.4 Å². The second-order valence-electron chi connectivity index (χ2n) is 7.57. The van der Waals surface area contributed by atoms with Crippen molar-refractivity contribution in [3.05, 3.63) is 53.1 Å². The predicted octanol–water partition coefficient (Wildman–Crippen LogP) is 2.92. The highest BCUT2D eigenvalue weighted by molar-refractivity contribution is 6.39. The zero-order valence-electron chi connectivity index (χ0n) is 18.0. The Morgan fingerprint density at radius 3 is 2.42 bits per heavy atom. The minimum absolute atomic E-state index is 0.453. The molecule has 0 radical (unpaired) electrons. The van der Waals surface area contributed by atoms with Crippen molar-refractivity contribution in [2.24, 2.45) is 0 Å². The van der Waals surface area contributed by atoms with Crippen LogP contribution in [0.5, 0.6) is 5.75 Å². The van der Waals surface area contributed by atoms with Crippen LogP contribution in [-0.4, -0.2) is 63.1 Å². The lowest BCUT2D eigenvalue weighted by molar-refractivity contribution is -0.136. The molecule has 1 aliphatic rings. The summed E-state index contributed by atoms with van der Waals surface area (Å²) in [5.41, 5.74) is 2.64. The number of hydrogen-bond acceptors (Lipinski definition) is 5. The smallest absolute Gasteiger partial charge is 0.313 e. The van der Waals surface area contributed by atoms with Gasteiger partial charge in [-0.3, -0.25) is 14.5 Å². The molecular formula is C23H29ClN4O3. The summed E-state index contributed by atoms with van der Waals surface area (Å²) in [5, 5.41) is 6.06. The summed E-state index contributed by atoms with van der Waals surface area (Å²) in [7, 11) is 1.52. The van der Waals surface area contributed by atoms with Crippen molar-refractivity contribution in [3.63, 3.8) is 0 Å². The van der Waals surface area contributed by atoms with Crippen LogP contribution < -0.4 is 20.3 Å². The summed E-state index contributed by atoms with van der Waals surface area (Å²) in [4.78, 5) is 29.0. The molecule has 2 aromatic rings. The molecular weight excluding hydrogens is 416 g/mol. The average molecular weight is 445 g/mol. The standard InChI is InChI=1S/C23H29ClN4O3/c1-17-4-9-21(31-2)20(16-17)26-23(30)22(29)25-10-3-11-27-12-14-28(15-13-27)19-7-5-18(24)6-8-19/h4-9,16H,3,10-15H2,1-2H3,(H,25,29)(H,26,30). The summed E-state index contributed by atoms with van der Waals surface area (Å²) in [5.74, 6) is -0.818. The van der Waals surface area contributed by atoms with Gasteiger partial charge in [0.2, 0.25) is 0 Å². The Labute approximate surface area is 188 Å². The summed E-state index contributed by atoms with van der Waals surface area (Å²) in [6.45, 7) is 7.07. The highest BCUT2D eigenvalue weighted by Crippen LogP contribution is 2.25. The Bertz CT molecular complexity index is 896. The van der Waals surface area contributed by atoms with Crippen LogP contribution in [0.25, 0.3) is 0 Å². The van der Waals surface area contributed by atoms with Crippen LogP contribution >= 0.6 is 11.6 Å². The second-order valence-corrected chi connectivity index (χ2v) is 8.01. The molecule has 3 rings (SSSR count). The molecule has 1 heterocycles. The maximum absolute atomic E-state index is 12.2. The van der Waals surface area contributed by atoms with E-state index in [0.29, 0.717) is 18.0 Å². The summed E-state index contributed by atoms with van der Waals surface area (Å²) in [6, 6.07) is 13.3. The van der Waals surface area contributed by atoms with Gasteiger partial charge in [0.15, 0.2) is 0 Å². The molecule has 2 amide bonds. The molecule has 0 aromatic heterocycles. The van der Waals surface area contributed by atoms with Gasteiger partial charge in [-0.05, 0) is 61.9 Å². The average Bonchev–Trinajstić information content (AvgIpc) is 2.77. The van der Waals surface area contributed by atoms with Crippen LogP contribution in [0.4, 0.5) is 11.4 Å². The topological polar surface area (TPSA) is 73.9 Å². The largest absolute Gasteiger partial charge is 0.495 e. The SMILES string of the molecule is COc1ccc(C)cc1NC(=O)C(=O)NCCCN1CCN(c2ccc(Cl)cc2)CC1.